The normalized spacial score (nSPS) is 9.75. The summed E-state index contributed by atoms with van der Waals surface area (Å²) < 4.78 is 0. The standard InChI is InChI=1S/C5H7NS2/c1-2-5-6-4(7)3-8-5/h3,7H,2H2,1H3. The van der Waals surface area contributed by atoms with E-state index in [1.54, 1.807) is 11.3 Å². The molecule has 0 amide bonds. The van der Waals surface area contributed by atoms with Crippen LogP contribution in [0.5, 0.6) is 0 Å². The van der Waals surface area contributed by atoms with Gasteiger partial charge in [0.2, 0.25) is 0 Å². The maximum Gasteiger partial charge on any atom is 0.104 e. The van der Waals surface area contributed by atoms with Crippen LogP contribution in [0.15, 0.2) is 10.4 Å². The Morgan fingerprint density at radius 3 is 2.88 bits per heavy atom. The second kappa shape index (κ2) is 2.51. The molecule has 0 saturated carbocycles. The molecule has 0 aliphatic rings. The molecule has 0 atom stereocenters. The summed E-state index contributed by atoms with van der Waals surface area (Å²) >= 11 is 5.72. The Hall–Kier alpha value is -0.0200. The van der Waals surface area contributed by atoms with E-state index in [4.69, 9.17) is 0 Å². The van der Waals surface area contributed by atoms with E-state index in [9.17, 15) is 0 Å². The van der Waals surface area contributed by atoms with Crippen molar-refractivity contribution in [1.29, 1.82) is 0 Å². The number of hydrogen-bond acceptors (Lipinski definition) is 3. The van der Waals surface area contributed by atoms with Gasteiger partial charge in [0.1, 0.15) is 5.03 Å². The summed E-state index contributed by atoms with van der Waals surface area (Å²) in [7, 11) is 0. The van der Waals surface area contributed by atoms with Gasteiger partial charge >= 0.3 is 0 Å². The highest BCUT2D eigenvalue weighted by molar-refractivity contribution is 7.80. The molecule has 8 heavy (non-hydrogen) atoms. The minimum atomic E-state index is 0.840. The Balaban J connectivity index is 2.84. The molecule has 0 spiro atoms. The van der Waals surface area contributed by atoms with Crippen molar-refractivity contribution in [2.45, 2.75) is 18.4 Å². The van der Waals surface area contributed by atoms with Crippen molar-refractivity contribution < 1.29 is 0 Å². The number of hydrogen-bond donors (Lipinski definition) is 1. The Kier molecular flexibility index (Phi) is 1.91. The smallest absolute Gasteiger partial charge is 0.104 e. The third-order valence-corrected chi connectivity index (χ3v) is 2.24. The fourth-order valence-electron chi connectivity index (χ4n) is 0.464. The van der Waals surface area contributed by atoms with E-state index >= 15 is 0 Å². The van der Waals surface area contributed by atoms with E-state index < -0.39 is 0 Å². The number of aryl methyl sites for hydroxylation is 1. The van der Waals surface area contributed by atoms with E-state index in [1.807, 2.05) is 5.38 Å². The monoisotopic (exact) mass is 145 g/mol. The lowest BCUT2D eigenvalue weighted by molar-refractivity contribution is 1.04. The Morgan fingerprint density at radius 1 is 1.88 bits per heavy atom. The van der Waals surface area contributed by atoms with Crippen molar-refractivity contribution in [3.8, 4) is 0 Å². The molecule has 0 saturated heterocycles. The van der Waals surface area contributed by atoms with Gasteiger partial charge in [-0.3, -0.25) is 0 Å². The molecule has 3 heteroatoms. The zero-order chi connectivity index (χ0) is 5.98. The predicted molar refractivity (Wildman–Crippen MR) is 38.7 cm³/mol. The quantitative estimate of drug-likeness (QED) is 0.596. The van der Waals surface area contributed by atoms with Crippen molar-refractivity contribution in [1.82, 2.24) is 4.98 Å². The van der Waals surface area contributed by atoms with Crippen LogP contribution in [0.3, 0.4) is 0 Å². The Morgan fingerprint density at radius 2 is 2.62 bits per heavy atom. The van der Waals surface area contributed by atoms with Gasteiger partial charge in [-0.15, -0.1) is 24.0 Å². The molecule has 1 nitrogen and oxygen atoms in total. The molecule has 0 unspecified atom stereocenters. The SMILES string of the molecule is CCc1nc(S)cs1. The topological polar surface area (TPSA) is 12.9 Å². The molecule has 0 fully saturated rings. The molecule has 0 N–H and O–H groups in total. The van der Waals surface area contributed by atoms with Crippen molar-refractivity contribution in [2.24, 2.45) is 0 Å². The minimum Gasteiger partial charge on any atom is -0.235 e. The van der Waals surface area contributed by atoms with E-state index in [-0.39, 0.29) is 0 Å². The van der Waals surface area contributed by atoms with Crippen LogP contribution in [0.2, 0.25) is 0 Å². The van der Waals surface area contributed by atoms with Gasteiger partial charge in [-0.2, -0.15) is 0 Å². The molecule has 0 aliphatic carbocycles. The third kappa shape index (κ3) is 1.23. The molecular formula is C5H7NS2. The molecule has 0 bridgehead atoms. The van der Waals surface area contributed by atoms with Crippen molar-refractivity contribution in [3.05, 3.63) is 10.4 Å². The van der Waals surface area contributed by atoms with Crippen LogP contribution in [0.1, 0.15) is 11.9 Å². The molecule has 0 aliphatic heterocycles. The minimum absolute atomic E-state index is 0.840. The highest BCUT2D eigenvalue weighted by Crippen LogP contribution is 2.11. The fourth-order valence-corrected chi connectivity index (χ4v) is 1.42. The summed E-state index contributed by atoms with van der Waals surface area (Å²) in [5.41, 5.74) is 0. The number of rotatable bonds is 1. The average molecular weight is 145 g/mol. The summed E-state index contributed by atoms with van der Waals surface area (Å²) in [5.74, 6) is 0. The number of nitrogens with zero attached hydrogens (tertiary/aromatic N) is 1. The average Bonchev–Trinajstić information content (AvgIpc) is 2.14. The molecular weight excluding hydrogens is 138 g/mol. The first-order valence-electron chi connectivity index (χ1n) is 2.46. The lowest BCUT2D eigenvalue weighted by Crippen LogP contribution is -1.73. The van der Waals surface area contributed by atoms with Gasteiger partial charge in [0, 0.05) is 5.38 Å². The van der Waals surface area contributed by atoms with Crippen LogP contribution in [0.4, 0.5) is 0 Å². The van der Waals surface area contributed by atoms with E-state index in [1.165, 1.54) is 0 Å². The van der Waals surface area contributed by atoms with Gasteiger partial charge in [-0.05, 0) is 6.42 Å². The largest absolute Gasteiger partial charge is 0.235 e. The van der Waals surface area contributed by atoms with Gasteiger partial charge in [0.15, 0.2) is 0 Å². The van der Waals surface area contributed by atoms with Crippen molar-refractivity contribution in [3.63, 3.8) is 0 Å². The first kappa shape index (κ1) is 6.11. The maximum atomic E-state index is 4.11. The first-order chi connectivity index (χ1) is 3.83. The van der Waals surface area contributed by atoms with Crippen LogP contribution < -0.4 is 0 Å². The van der Waals surface area contributed by atoms with Gasteiger partial charge in [-0.25, -0.2) is 4.98 Å². The summed E-state index contributed by atoms with van der Waals surface area (Å²) in [4.78, 5) is 4.11. The summed E-state index contributed by atoms with van der Waals surface area (Å²) in [6.07, 6.45) is 1.02. The maximum absolute atomic E-state index is 4.11. The summed E-state index contributed by atoms with van der Waals surface area (Å²) in [5, 5.41) is 3.95. The lowest BCUT2D eigenvalue weighted by Gasteiger charge is -1.78. The zero-order valence-corrected chi connectivity index (χ0v) is 6.30. The van der Waals surface area contributed by atoms with Crippen molar-refractivity contribution in [2.75, 3.05) is 0 Å². The third-order valence-electron chi connectivity index (χ3n) is 0.842. The second-order valence-corrected chi connectivity index (χ2v) is 2.85. The van der Waals surface area contributed by atoms with Gasteiger partial charge in [0.25, 0.3) is 0 Å². The molecule has 44 valence electrons. The molecule has 1 aromatic heterocycles. The van der Waals surface area contributed by atoms with Crippen molar-refractivity contribution >= 4 is 24.0 Å². The highest BCUT2D eigenvalue weighted by atomic mass is 32.1. The van der Waals surface area contributed by atoms with E-state index in [0.29, 0.717) is 0 Å². The lowest BCUT2D eigenvalue weighted by atomic mass is 10.5. The van der Waals surface area contributed by atoms with E-state index in [0.717, 1.165) is 16.5 Å². The number of thiazole rings is 1. The van der Waals surface area contributed by atoms with Crippen LogP contribution in [0, 0.1) is 0 Å². The van der Waals surface area contributed by atoms with Gasteiger partial charge in [0.05, 0.1) is 5.01 Å². The van der Waals surface area contributed by atoms with Crippen LogP contribution >= 0.6 is 24.0 Å². The van der Waals surface area contributed by atoms with Crippen LogP contribution in [-0.2, 0) is 6.42 Å². The summed E-state index contributed by atoms with van der Waals surface area (Å²) in [6.45, 7) is 2.09. The Bertz CT molecular complexity index is 171. The van der Waals surface area contributed by atoms with Crippen LogP contribution in [-0.4, -0.2) is 4.98 Å². The molecule has 1 aromatic rings. The van der Waals surface area contributed by atoms with E-state index in [2.05, 4.69) is 24.5 Å². The number of aromatic nitrogens is 1. The first-order valence-corrected chi connectivity index (χ1v) is 3.79. The fraction of sp³-hybridized carbons (Fsp3) is 0.400. The zero-order valence-electron chi connectivity index (χ0n) is 4.59. The van der Waals surface area contributed by atoms with Crippen LogP contribution in [0.25, 0.3) is 0 Å². The highest BCUT2D eigenvalue weighted by Gasteiger charge is 1.92. The predicted octanol–water partition coefficient (Wildman–Crippen LogP) is 1.99. The van der Waals surface area contributed by atoms with Gasteiger partial charge < -0.3 is 0 Å². The molecule has 1 rings (SSSR count). The second-order valence-electron chi connectivity index (χ2n) is 1.45. The molecule has 0 aromatic carbocycles. The Labute approximate surface area is 58.2 Å². The molecule has 1 heterocycles. The summed E-state index contributed by atoms with van der Waals surface area (Å²) in [6, 6.07) is 0. The van der Waals surface area contributed by atoms with Gasteiger partial charge in [-0.1, -0.05) is 6.92 Å². The molecule has 0 radical (unpaired) electrons. The number of thiol groups is 1.